The Morgan fingerprint density at radius 2 is 1.95 bits per heavy atom. The van der Waals surface area contributed by atoms with Gasteiger partial charge in [-0.2, -0.15) is 0 Å². The number of rotatable bonds is 2. The lowest BCUT2D eigenvalue weighted by Gasteiger charge is -2.14. The summed E-state index contributed by atoms with van der Waals surface area (Å²) in [4.78, 5) is 28.6. The van der Waals surface area contributed by atoms with E-state index in [2.05, 4.69) is 4.98 Å². The molecule has 1 aliphatic heterocycles. The van der Waals surface area contributed by atoms with Crippen molar-refractivity contribution in [1.29, 1.82) is 0 Å². The first-order valence-electron chi connectivity index (χ1n) is 5.30. The van der Waals surface area contributed by atoms with E-state index in [1.54, 1.807) is 10.9 Å². The second-order valence-electron chi connectivity index (χ2n) is 3.98. The predicted octanol–water partition coefficient (Wildman–Crippen LogP) is 2.15. The van der Waals surface area contributed by atoms with E-state index in [0.29, 0.717) is 5.69 Å². The quantitative estimate of drug-likeness (QED) is 0.792. The molecular formula is C12H6F2N2O2S. The number of ketones is 1. The van der Waals surface area contributed by atoms with Gasteiger partial charge in [-0.1, -0.05) is 0 Å². The number of nitrogens with zero attached hydrogens (tertiary/aromatic N) is 2. The lowest BCUT2D eigenvalue weighted by molar-refractivity contribution is -0.114. The smallest absolute Gasteiger partial charge is 0.299 e. The Hall–Kier alpha value is -2.15. The summed E-state index contributed by atoms with van der Waals surface area (Å²) >= 11 is 1.34. The van der Waals surface area contributed by atoms with Crippen molar-refractivity contribution in [3.8, 4) is 0 Å². The summed E-state index contributed by atoms with van der Waals surface area (Å²) in [6, 6.07) is 1.62. The van der Waals surface area contributed by atoms with Crippen LogP contribution in [0.5, 0.6) is 0 Å². The zero-order valence-corrected chi connectivity index (χ0v) is 10.2. The molecule has 4 nitrogen and oxygen atoms in total. The Bertz CT molecular complexity index is 685. The van der Waals surface area contributed by atoms with Crippen LogP contribution in [-0.2, 0) is 11.3 Å². The number of halogens is 2. The van der Waals surface area contributed by atoms with Gasteiger partial charge in [-0.05, 0) is 6.07 Å². The van der Waals surface area contributed by atoms with Crippen molar-refractivity contribution in [2.75, 3.05) is 4.90 Å². The number of hydrogen-bond acceptors (Lipinski definition) is 4. The van der Waals surface area contributed by atoms with Crippen molar-refractivity contribution in [2.45, 2.75) is 6.54 Å². The van der Waals surface area contributed by atoms with Gasteiger partial charge < -0.3 is 0 Å². The molecule has 1 aromatic carbocycles. The van der Waals surface area contributed by atoms with Crippen LogP contribution in [0, 0.1) is 11.6 Å². The maximum absolute atomic E-state index is 13.2. The molecule has 0 unspecified atom stereocenters. The summed E-state index contributed by atoms with van der Waals surface area (Å²) in [7, 11) is 0. The molecule has 2 heterocycles. The molecule has 0 aliphatic carbocycles. The van der Waals surface area contributed by atoms with E-state index in [-0.39, 0.29) is 17.8 Å². The lowest BCUT2D eigenvalue weighted by Crippen LogP contribution is -2.29. The Labute approximate surface area is 110 Å². The highest BCUT2D eigenvalue weighted by Crippen LogP contribution is 2.32. The van der Waals surface area contributed by atoms with Crippen LogP contribution in [0.25, 0.3) is 0 Å². The fourth-order valence-electron chi connectivity index (χ4n) is 1.92. The van der Waals surface area contributed by atoms with Crippen molar-refractivity contribution in [2.24, 2.45) is 0 Å². The van der Waals surface area contributed by atoms with Gasteiger partial charge in [0.15, 0.2) is 11.6 Å². The molecular weight excluding hydrogens is 274 g/mol. The third-order valence-electron chi connectivity index (χ3n) is 2.82. The molecule has 0 saturated heterocycles. The van der Waals surface area contributed by atoms with Crippen LogP contribution in [0.15, 0.2) is 23.0 Å². The van der Waals surface area contributed by atoms with Crippen molar-refractivity contribution < 1.29 is 18.4 Å². The van der Waals surface area contributed by atoms with Gasteiger partial charge in [0.1, 0.15) is 0 Å². The summed E-state index contributed by atoms with van der Waals surface area (Å²) < 4.78 is 26.4. The van der Waals surface area contributed by atoms with E-state index >= 15 is 0 Å². The Balaban J connectivity index is 2.06. The first kappa shape index (κ1) is 11.9. The minimum Gasteiger partial charge on any atom is -0.299 e. The van der Waals surface area contributed by atoms with Gasteiger partial charge >= 0.3 is 0 Å². The zero-order valence-electron chi connectivity index (χ0n) is 9.39. The van der Waals surface area contributed by atoms with Crippen molar-refractivity contribution in [3.63, 3.8) is 0 Å². The molecule has 1 aliphatic rings. The van der Waals surface area contributed by atoms with E-state index in [4.69, 9.17) is 0 Å². The first-order chi connectivity index (χ1) is 9.08. The van der Waals surface area contributed by atoms with Crippen LogP contribution < -0.4 is 4.90 Å². The first-order valence-corrected chi connectivity index (χ1v) is 6.24. The second-order valence-corrected chi connectivity index (χ2v) is 4.70. The molecule has 1 amide bonds. The third-order valence-corrected chi connectivity index (χ3v) is 3.45. The number of amides is 1. The summed E-state index contributed by atoms with van der Waals surface area (Å²) in [5.41, 5.74) is 2.15. The third kappa shape index (κ3) is 1.82. The topological polar surface area (TPSA) is 50.3 Å². The Morgan fingerprint density at radius 1 is 1.21 bits per heavy atom. The summed E-state index contributed by atoms with van der Waals surface area (Å²) in [6.07, 6.45) is 0. The molecule has 0 spiro atoms. The highest BCUT2D eigenvalue weighted by Gasteiger charge is 2.37. The average Bonchev–Trinajstić information content (AvgIpc) is 2.96. The SMILES string of the molecule is O=C1C(=O)N(Cc2cscn2)c2cc(F)c(F)cc21. The minimum absolute atomic E-state index is 0.0617. The number of thiazole rings is 1. The summed E-state index contributed by atoms with van der Waals surface area (Å²) in [5, 5.41) is 1.72. The maximum atomic E-state index is 13.2. The van der Waals surface area contributed by atoms with Crippen LogP contribution >= 0.6 is 11.3 Å². The van der Waals surface area contributed by atoms with E-state index in [1.807, 2.05) is 0 Å². The highest BCUT2D eigenvalue weighted by molar-refractivity contribution is 7.07. The van der Waals surface area contributed by atoms with E-state index in [0.717, 1.165) is 17.0 Å². The highest BCUT2D eigenvalue weighted by atomic mass is 32.1. The van der Waals surface area contributed by atoms with Gasteiger partial charge in [0, 0.05) is 11.4 Å². The van der Waals surface area contributed by atoms with Crippen molar-refractivity contribution in [3.05, 3.63) is 45.9 Å². The molecule has 19 heavy (non-hydrogen) atoms. The lowest BCUT2D eigenvalue weighted by atomic mass is 10.1. The van der Waals surface area contributed by atoms with Crippen LogP contribution in [0.1, 0.15) is 16.1 Å². The number of benzene rings is 1. The number of hydrogen-bond donors (Lipinski definition) is 0. The van der Waals surface area contributed by atoms with Gasteiger partial charge in [0.05, 0.1) is 29.0 Å². The van der Waals surface area contributed by atoms with Crippen LogP contribution in [-0.4, -0.2) is 16.7 Å². The monoisotopic (exact) mass is 280 g/mol. The summed E-state index contributed by atoms with van der Waals surface area (Å²) in [5.74, 6) is -3.86. The van der Waals surface area contributed by atoms with Crippen molar-refractivity contribution >= 4 is 28.7 Å². The number of carbonyl (C=O) groups excluding carboxylic acids is 2. The minimum atomic E-state index is -1.14. The zero-order chi connectivity index (χ0) is 13.6. The number of Topliss-reactive ketones (excluding diaryl/α,β-unsaturated/α-hetero) is 1. The number of aromatic nitrogens is 1. The molecule has 2 aromatic rings. The van der Waals surface area contributed by atoms with E-state index in [9.17, 15) is 18.4 Å². The van der Waals surface area contributed by atoms with Gasteiger partial charge in [-0.25, -0.2) is 13.8 Å². The molecule has 96 valence electrons. The predicted molar refractivity (Wildman–Crippen MR) is 64.0 cm³/mol. The van der Waals surface area contributed by atoms with Gasteiger partial charge in [0.25, 0.3) is 11.7 Å². The number of fused-ring (bicyclic) bond motifs is 1. The Morgan fingerprint density at radius 3 is 2.63 bits per heavy atom. The van der Waals surface area contributed by atoms with Crippen LogP contribution in [0.2, 0.25) is 0 Å². The van der Waals surface area contributed by atoms with Crippen LogP contribution in [0.4, 0.5) is 14.5 Å². The Kier molecular flexibility index (Phi) is 2.63. The molecule has 0 radical (unpaired) electrons. The standard InChI is InChI=1S/C12H6F2N2O2S/c13-8-1-7-10(2-9(8)14)16(12(18)11(7)17)3-6-4-19-5-15-6/h1-2,4-5H,3H2. The second kappa shape index (κ2) is 4.20. The molecule has 0 saturated carbocycles. The molecule has 0 N–H and O–H groups in total. The maximum Gasteiger partial charge on any atom is 0.299 e. The van der Waals surface area contributed by atoms with Crippen molar-refractivity contribution in [1.82, 2.24) is 4.98 Å². The van der Waals surface area contributed by atoms with E-state index in [1.165, 1.54) is 11.3 Å². The fraction of sp³-hybridized carbons (Fsp3) is 0.0833. The molecule has 7 heteroatoms. The molecule has 0 fully saturated rings. The molecule has 3 rings (SSSR count). The normalized spacial score (nSPS) is 14.1. The van der Waals surface area contributed by atoms with Gasteiger partial charge in [0.2, 0.25) is 0 Å². The summed E-state index contributed by atoms with van der Waals surface area (Å²) in [6.45, 7) is 0.0617. The molecule has 1 aromatic heterocycles. The average molecular weight is 280 g/mol. The largest absolute Gasteiger partial charge is 0.299 e. The fourth-order valence-corrected chi connectivity index (χ4v) is 2.47. The molecule has 0 bridgehead atoms. The van der Waals surface area contributed by atoms with Gasteiger partial charge in [-0.3, -0.25) is 14.5 Å². The number of anilines is 1. The van der Waals surface area contributed by atoms with Crippen LogP contribution in [0.3, 0.4) is 0 Å². The van der Waals surface area contributed by atoms with E-state index < -0.39 is 23.3 Å². The number of carbonyl (C=O) groups is 2. The van der Waals surface area contributed by atoms with Gasteiger partial charge in [-0.15, -0.1) is 11.3 Å². The molecule has 0 atom stereocenters.